The number of anilines is 4. The molecule has 0 bridgehead atoms. The molecule has 2 aromatic heterocycles. The minimum Gasteiger partial charge on any atom is -0.357 e. The lowest BCUT2D eigenvalue weighted by Gasteiger charge is -2.20. The fraction of sp³-hybridized carbons (Fsp3) is 0.316. The van der Waals surface area contributed by atoms with Crippen molar-refractivity contribution in [2.75, 3.05) is 28.6 Å². The van der Waals surface area contributed by atoms with E-state index in [1.807, 2.05) is 37.3 Å². The lowest BCUT2D eigenvalue weighted by atomic mass is 10.2. The van der Waals surface area contributed by atoms with Gasteiger partial charge in [0.05, 0.1) is 5.69 Å². The summed E-state index contributed by atoms with van der Waals surface area (Å²) >= 11 is 1.08. The number of nitrogens with zero attached hydrogens (tertiary/aromatic N) is 5. The zero-order valence-electron chi connectivity index (χ0n) is 16.4. The molecule has 9 heteroatoms. The number of aryl methyl sites for hydroxylation is 2. The maximum absolute atomic E-state index is 12.2. The Morgan fingerprint density at radius 1 is 1.07 bits per heavy atom. The molecule has 28 heavy (non-hydrogen) atoms. The van der Waals surface area contributed by atoms with Gasteiger partial charge >= 0.3 is 0 Å². The summed E-state index contributed by atoms with van der Waals surface area (Å²) in [5, 5.41) is 9.94. The molecule has 2 N–H and O–H groups in total. The molecule has 0 aliphatic carbocycles. The van der Waals surface area contributed by atoms with Crippen molar-refractivity contribution in [1.82, 2.24) is 19.6 Å². The molecule has 0 fully saturated rings. The average Bonchev–Trinajstić information content (AvgIpc) is 3.10. The van der Waals surface area contributed by atoms with Crippen LogP contribution in [0.15, 0.2) is 30.3 Å². The number of carbonyl (C=O) groups is 1. The van der Waals surface area contributed by atoms with E-state index < -0.39 is 0 Å². The van der Waals surface area contributed by atoms with Gasteiger partial charge in [-0.3, -0.25) is 4.79 Å². The van der Waals surface area contributed by atoms with E-state index in [0.717, 1.165) is 41.8 Å². The second-order valence-corrected chi connectivity index (χ2v) is 6.96. The molecule has 3 rings (SSSR count). The van der Waals surface area contributed by atoms with E-state index in [9.17, 15) is 4.79 Å². The van der Waals surface area contributed by atoms with Crippen molar-refractivity contribution < 1.29 is 4.79 Å². The van der Waals surface area contributed by atoms with Crippen molar-refractivity contribution in [2.45, 2.75) is 27.7 Å². The summed E-state index contributed by atoms with van der Waals surface area (Å²) in [5.41, 5.74) is 3.06. The van der Waals surface area contributed by atoms with Crippen LogP contribution in [0, 0.1) is 13.8 Å². The third kappa shape index (κ3) is 4.61. The molecular weight excluding hydrogens is 374 g/mol. The topological polar surface area (TPSA) is 95.9 Å². The highest BCUT2D eigenvalue weighted by atomic mass is 32.1. The second kappa shape index (κ2) is 8.75. The number of benzene rings is 1. The standard InChI is InChI=1S/C19H23N7OS/c1-5-26(6-2)16-11-12(3)20-19(23-16)22-15-9-7-14(8-10-15)21-18(27)17-13(4)24-25-28-17/h7-11H,5-6H2,1-4H3,(H,21,27)(H,20,22,23). The molecule has 0 spiro atoms. The van der Waals surface area contributed by atoms with Crippen LogP contribution in [0.1, 0.15) is 34.9 Å². The molecule has 1 amide bonds. The number of rotatable bonds is 7. The van der Waals surface area contributed by atoms with Crippen molar-refractivity contribution in [1.29, 1.82) is 0 Å². The highest BCUT2D eigenvalue weighted by Gasteiger charge is 2.13. The van der Waals surface area contributed by atoms with Gasteiger partial charge in [0, 0.05) is 36.2 Å². The SMILES string of the molecule is CCN(CC)c1cc(C)nc(Nc2ccc(NC(=O)c3snnc3C)cc2)n1. The summed E-state index contributed by atoms with van der Waals surface area (Å²) in [6, 6.07) is 9.37. The van der Waals surface area contributed by atoms with E-state index in [1.54, 1.807) is 6.92 Å². The lowest BCUT2D eigenvalue weighted by Crippen LogP contribution is -2.23. The van der Waals surface area contributed by atoms with Crippen LogP contribution >= 0.6 is 11.5 Å². The Morgan fingerprint density at radius 2 is 1.75 bits per heavy atom. The van der Waals surface area contributed by atoms with Crippen LogP contribution in [-0.2, 0) is 0 Å². The predicted molar refractivity (Wildman–Crippen MR) is 113 cm³/mol. The first kappa shape index (κ1) is 19.7. The molecule has 0 aliphatic heterocycles. The Hall–Kier alpha value is -3.07. The quantitative estimate of drug-likeness (QED) is 0.626. The molecule has 1 aromatic carbocycles. The van der Waals surface area contributed by atoms with E-state index >= 15 is 0 Å². The summed E-state index contributed by atoms with van der Waals surface area (Å²) in [4.78, 5) is 24.0. The Morgan fingerprint density at radius 3 is 2.36 bits per heavy atom. The maximum Gasteiger partial charge on any atom is 0.269 e. The molecule has 3 aromatic rings. The monoisotopic (exact) mass is 397 g/mol. The molecule has 0 radical (unpaired) electrons. The van der Waals surface area contributed by atoms with Crippen LogP contribution in [0.5, 0.6) is 0 Å². The molecular formula is C19H23N7OS. The summed E-state index contributed by atoms with van der Waals surface area (Å²) in [7, 11) is 0. The number of hydrogen-bond acceptors (Lipinski definition) is 8. The Bertz CT molecular complexity index is 951. The van der Waals surface area contributed by atoms with Gasteiger partial charge in [0.25, 0.3) is 5.91 Å². The van der Waals surface area contributed by atoms with E-state index in [1.165, 1.54) is 0 Å². The normalized spacial score (nSPS) is 10.6. The summed E-state index contributed by atoms with van der Waals surface area (Å²) in [6.45, 7) is 9.69. The van der Waals surface area contributed by atoms with Crippen molar-refractivity contribution >= 4 is 40.6 Å². The molecule has 0 aliphatic rings. The van der Waals surface area contributed by atoms with E-state index in [4.69, 9.17) is 0 Å². The minimum absolute atomic E-state index is 0.209. The third-order valence-electron chi connectivity index (χ3n) is 4.18. The number of nitrogens with one attached hydrogen (secondary N) is 2. The Kier molecular flexibility index (Phi) is 6.15. The molecule has 8 nitrogen and oxygen atoms in total. The van der Waals surface area contributed by atoms with Crippen molar-refractivity contribution in [3.8, 4) is 0 Å². The van der Waals surface area contributed by atoms with Gasteiger partial charge in [-0.25, -0.2) is 4.98 Å². The fourth-order valence-corrected chi connectivity index (χ4v) is 3.26. The summed E-state index contributed by atoms with van der Waals surface area (Å²) in [6.07, 6.45) is 0. The van der Waals surface area contributed by atoms with E-state index in [2.05, 4.69) is 48.9 Å². The molecule has 146 valence electrons. The first-order valence-electron chi connectivity index (χ1n) is 9.08. The lowest BCUT2D eigenvalue weighted by molar-refractivity contribution is 0.103. The minimum atomic E-state index is -0.209. The van der Waals surface area contributed by atoms with E-state index in [-0.39, 0.29) is 5.91 Å². The van der Waals surface area contributed by atoms with Crippen molar-refractivity contribution in [3.05, 3.63) is 46.6 Å². The van der Waals surface area contributed by atoms with Gasteiger partial charge in [-0.2, -0.15) is 4.98 Å². The summed E-state index contributed by atoms with van der Waals surface area (Å²) in [5.74, 6) is 1.24. The highest BCUT2D eigenvalue weighted by molar-refractivity contribution is 7.08. The molecule has 2 heterocycles. The van der Waals surface area contributed by atoms with E-state index in [0.29, 0.717) is 22.2 Å². The first-order chi connectivity index (χ1) is 13.5. The molecule has 0 atom stereocenters. The molecule has 0 saturated carbocycles. The van der Waals surface area contributed by atoms with Crippen LogP contribution in [0.4, 0.5) is 23.1 Å². The molecule has 0 unspecified atom stereocenters. The predicted octanol–water partition coefficient (Wildman–Crippen LogP) is 3.79. The zero-order chi connectivity index (χ0) is 20.1. The number of hydrogen-bond donors (Lipinski definition) is 2. The van der Waals surface area contributed by atoms with Crippen LogP contribution in [0.2, 0.25) is 0 Å². The number of carbonyl (C=O) groups excluding carboxylic acids is 1. The maximum atomic E-state index is 12.2. The first-order valence-corrected chi connectivity index (χ1v) is 9.85. The Labute approximate surface area is 168 Å². The van der Waals surface area contributed by atoms with Crippen LogP contribution in [0.25, 0.3) is 0 Å². The van der Waals surface area contributed by atoms with Gasteiger partial charge in [0.2, 0.25) is 5.95 Å². The molecule has 0 saturated heterocycles. The number of amides is 1. The van der Waals surface area contributed by atoms with Crippen LogP contribution in [-0.4, -0.2) is 38.6 Å². The highest BCUT2D eigenvalue weighted by Crippen LogP contribution is 2.21. The van der Waals surface area contributed by atoms with Crippen LogP contribution in [0.3, 0.4) is 0 Å². The Balaban J connectivity index is 1.71. The second-order valence-electron chi connectivity index (χ2n) is 6.21. The third-order valence-corrected chi connectivity index (χ3v) is 5.01. The largest absolute Gasteiger partial charge is 0.357 e. The van der Waals surface area contributed by atoms with Gasteiger partial charge in [-0.1, -0.05) is 4.49 Å². The van der Waals surface area contributed by atoms with Gasteiger partial charge in [0.1, 0.15) is 10.7 Å². The van der Waals surface area contributed by atoms with Crippen molar-refractivity contribution in [2.24, 2.45) is 0 Å². The summed E-state index contributed by atoms with van der Waals surface area (Å²) < 4.78 is 3.79. The van der Waals surface area contributed by atoms with Gasteiger partial charge in [-0.05, 0) is 63.5 Å². The number of aromatic nitrogens is 4. The average molecular weight is 398 g/mol. The zero-order valence-corrected chi connectivity index (χ0v) is 17.2. The van der Waals surface area contributed by atoms with Gasteiger partial charge in [-0.15, -0.1) is 5.10 Å². The fourth-order valence-electron chi connectivity index (χ4n) is 2.71. The van der Waals surface area contributed by atoms with Gasteiger partial charge in [0.15, 0.2) is 0 Å². The van der Waals surface area contributed by atoms with Crippen molar-refractivity contribution in [3.63, 3.8) is 0 Å². The van der Waals surface area contributed by atoms with Gasteiger partial charge < -0.3 is 15.5 Å². The smallest absolute Gasteiger partial charge is 0.269 e. The van der Waals surface area contributed by atoms with Crippen LogP contribution < -0.4 is 15.5 Å².